The van der Waals surface area contributed by atoms with Gasteiger partial charge in [0.15, 0.2) is 6.10 Å². The van der Waals surface area contributed by atoms with E-state index in [0.29, 0.717) is 6.42 Å². The van der Waals surface area contributed by atoms with Gasteiger partial charge in [-0.15, -0.1) is 0 Å². The number of hydrogen-bond acceptors (Lipinski definition) is 6. The summed E-state index contributed by atoms with van der Waals surface area (Å²) in [4.78, 5) is 37.7. The van der Waals surface area contributed by atoms with Gasteiger partial charge in [-0.05, 0) is 96.3 Å². The van der Waals surface area contributed by atoms with Crippen LogP contribution in [0.4, 0.5) is 0 Å². The summed E-state index contributed by atoms with van der Waals surface area (Å²) in [7, 11) is 0. The van der Waals surface area contributed by atoms with Gasteiger partial charge in [0.05, 0.1) is 6.42 Å². The van der Waals surface area contributed by atoms with Crippen molar-refractivity contribution in [2.45, 2.75) is 200 Å². The summed E-state index contributed by atoms with van der Waals surface area (Å²) in [5, 5.41) is 0. The van der Waals surface area contributed by atoms with Crippen molar-refractivity contribution < 1.29 is 28.6 Å². The third-order valence-electron chi connectivity index (χ3n) is 9.34. The molecule has 1 unspecified atom stereocenters. The Bertz CT molecular complexity index is 1200. The average Bonchev–Trinajstić information content (AvgIpc) is 3.22. The second-order valence-electron chi connectivity index (χ2n) is 14.9. The summed E-state index contributed by atoms with van der Waals surface area (Å²) in [6.45, 7) is 6.23. The molecule has 0 bridgehead atoms. The Kier molecular flexibility index (Phi) is 43.1. The van der Waals surface area contributed by atoms with Crippen molar-refractivity contribution >= 4 is 17.9 Å². The van der Waals surface area contributed by atoms with E-state index < -0.39 is 12.1 Å². The number of ether oxygens (including phenoxy) is 3. The second kappa shape index (κ2) is 46.0. The van der Waals surface area contributed by atoms with Crippen molar-refractivity contribution in [3.05, 3.63) is 97.2 Å². The van der Waals surface area contributed by atoms with E-state index in [1.807, 2.05) is 6.08 Å². The lowest BCUT2D eigenvalue weighted by atomic mass is 10.1. The van der Waals surface area contributed by atoms with Crippen LogP contribution in [-0.4, -0.2) is 37.2 Å². The van der Waals surface area contributed by atoms with Gasteiger partial charge in [0, 0.05) is 12.8 Å². The molecule has 0 fully saturated rings. The van der Waals surface area contributed by atoms with E-state index in [1.54, 1.807) is 6.08 Å². The standard InChI is InChI=1S/C52H84O6/c1-4-7-10-13-16-19-21-23-25-26-27-29-30-33-36-39-42-45-51(54)57-48-49(47-56-50(53)44-41-38-35-32-18-15-12-9-6-3)58-52(55)46-43-40-37-34-31-28-24-22-20-17-14-11-8-5-2/h8-9,11-12,16-20,23-25,28,32,38,41,49H,4-7,10,13-15,21-22,26-27,29-31,33-37,39-40,42-48H2,1-3H3/b11-8-,12-9-,19-16-,20-17-,25-23-,28-24-,32-18-,41-38-. The zero-order valence-electron chi connectivity index (χ0n) is 37.3. The lowest BCUT2D eigenvalue weighted by Gasteiger charge is -2.18. The summed E-state index contributed by atoms with van der Waals surface area (Å²) in [5.74, 6) is -1.09. The van der Waals surface area contributed by atoms with Gasteiger partial charge >= 0.3 is 17.9 Å². The normalized spacial score (nSPS) is 12.9. The van der Waals surface area contributed by atoms with E-state index in [9.17, 15) is 14.4 Å². The van der Waals surface area contributed by atoms with Crippen molar-refractivity contribution in [2.75, 3.05) is 13.2 Å². The fourth-order valence-corrected chi connectivity index (χ4v) is 5.90. The SMILES string of the molecule is CC/C=C\C/C=C\C/C=C\CCCCCCC(=O)OC(COC(=O)C/C=C\C/C=C\C/C=C\CC)COC(=O)CCCCCCCCC/C=C\C/C=C\CCCCC. The van der Waals surface area contributed by atoms with Crippen LogP contribution in [0, 0.1) is 0 Å². The predicted molar refractivity (Wildman–Crippen MR) is 247 cm³/mol. The molecular weight excluding hydrogens is 721 g/mol. The van der Waals surface area contributed by atoms with Gasteiger partial charge in [0.2, 0.25) is 0 Å². The van der Waals surface area contributed by atoms with E-state index in [4.69, 9.17) is 14.2 Å². The third-order valence-corrected chi connectivity index (χ3v) is 9.34. The Labute approximate surface area is 356 Å². The maximum Gasteiger partial charge on any atom is 0.309 e. The zero-order chi connectivity index (χ0) is 42.3. The number of unbranched alkanes of at least 4 members (excludes halogenated alkanes) is 14. The minimum absolute atomic E-state index is 0.119. The van der Waals surface area contributed by atoms with Gasteiger partial charge in [-0.2, -0.15) is 0 Å². The molecule has 6 heteroatoms. The molecule has 6 nitrogen and oxygen atoms in total. The molecule has 0 aromatic rings. The number of esters is 3. The summed E-state index contributed by atoms with van der Waals surface area (Å²) in [6.07, 6.45) is 60.0. The first kappa shape index (κ1) is 54.3. The van der Waals surface area contributed by atoms with Gasteiger partial charge < -0.3 is 14.2 Å². The maximum atomic E-state index is 12.7. The Balaban J connectivity index is 4.46. The van der Waals surface area contributed by atoms with Gasteiger partial charge in [-0.3, -0.25) is 14.4 Å². The fraction of sp³-hybridized carbons (Fsp3) is 0.635. The van der Waals surface area contributed by atoms with Crippen LogP contribution in [0.15, 0.2) is 97.2 Å². The Hall–Kier alpha value is -3.67. The summed E-state index contributed by atoms with van der Waals surface area (Å²) < 4.78 is 16.6. The number of hydrogen-bond donors (Lipinski definition) is 0. The van der Waals surface area contributed by atoms with Crippen molar-refractivity contribution in [1.29, 1.82) is 0 Å². The van der Waals surface area contributed by atoms with Crippen molar-refractivity contribution in [3.8, 4) is 0 Å². The first-order chi connectivity index (χ1) is 28.5. The summed E-state index contributed by atoms with van der Waals surface area (Å²) in [6, 6.07) is 0. The molecule has 0 rings (SSSR count). The van der Waals surface area contributed by atoms with Crippen LogP contribution in [-0.2, 0) is 28.6 Å². The zero-order valence-corrected chi connectivity index (χ0v) is 37.3. The predicted octanol–water partition coefficient (Wildman–Crippen LogP) is 15.0. The van der Waals surface area contributed by atoms with E-state index in [0.717, 1.165) is 103 Å². The van der Waals surface area contributed by atoms with Crippen LogP contribution in [0.1, 0.15) is 194 Å². The number of carbonyl (C=O) groups is 3. The van der Waals surface area contributed by atoms with E-state index >= 15 is 0 Å². The van der Waals surface area contributed by atoms with Crippen molar-refractivity contribution in [1.82, 2.24) is 0 Å². The second-order valence-corrected chi connectivity index (χ2v) is 14.9. The Morgan fingerprint density at radius 1 is 0.379 bits per heavy atom. The van der Waals surface area contributed by atoms with Crippen LogP contribution in [0.25, 0.3) is 0 Å². The molecule has 0 amide bonds. The molecule has 58 heavy (non-hydrogen) atoms. The van der Waals surface area contributed by atoms with E-state index in [2.05, 4.69) is 106 Å². The average molecular weight is 805 g/mol. The maximum absolute atomic E-state index is 12.7. The molecule has 0 aromatic heterocycles. The van der Waals surface area contributed by atoms with Crippen molar-refractivity contribution in [3.63, 3.8) is 0 Å². The molecule has 0 heterocycles. The fourth-order valence-electron chi connectivity index (χ4n) is 5.90. The van der Waals surface area contributed by atoms with Crippen molar-refractivity contribution in [2.24, 2.45) is 0 Å². The lowest BCUT2D eigenvalue weighted by molar-refractivity contribution is -0.166. The Morgan fingerprint density at radius 2 is 0.741 bits per heavy atom. The number of allylic oxidation sites excluding steroid dienone is 15. The minimum atomic E-state index is -0.827. The molecule has 0 N–H and O–H groups in total. The first-order valence-corrected chi connectivity index (χ1v) is 23.2. The van der Waals surface area contributed by atoms with Crippen LogP contribution in [0.2, 0.25) is 0 Å². The van der Waals surface area contributed by atoms with Crippen LogP contribution >= 0.6 is 0 Å². The smallest absolute Gasteiger partial charge is 0.309 e. The molecule has 0 aliphatic heterocycles. The summed E-state index contributed by atoms with van der Waals surface area (Å²) >= 11 is 0. The molecule has 0 aliphatic carbocycles. The number of rotatable bonds is 40. The highest BCUT2D eigenvalue weighted by Gasteiger charge is 2.19. The van der Waals surface area contributed by atoms with Crippen LogP contribution in [0.5, 0.6) is 0 Å². The third kappa shape index (κ3) is 43.5. The van der Waals surface area contributed by atoms with Crippen LogP contribution < -0.4 is 0 Å². The number of carbonyl (C=O) groups excluding carboxylic acids is 3. The Morgan fingerprint density at radius 3 is 1.21 bits per heavy atom. The van der Waals surface area contributed by atoms with E-state index in [-0.39, 0.29) is 38.0 Å². The first-order valence-electron chi connectivity index (χ1n) is 23.2. The highest BCUT2D eigenvalue weighted by molar-refractivity contribution is 5.72. The molecule has 328 valence electrons. The summed E-state index contributed by atoms with van der Waals surface area (Å²) in [5.41, 5.74) is 0. The topological polar surface area (TPSA) is 78.9 Å². The van der Waals surface area contributed by atoms with Crippen LogP contribution in [0.3, 0.4) is 0 Å². The lowest BCUT2D eigenvalue weighted by Crippen LogP contribution is -2.30. The largest absolute Gasteiger partial charge is 0.462 e. The monoisotopic (exact) mass is 805 g/mol. The molecule has 1 atom stereocenters. The van der Waals surface area contributed by atoms with E-state index in [1.165, 1.54) is 51.4 Å². The van der Waals surface area contributed by atoms with Gasteiger partial charge in [0.1, 0.15) is 13.2 Å². The van der Waals surface area contributed by atoms with Gasteiger partial charge in [-0.25, -0.2) is 0 Å². The molecule has 0 saturated carbocycles. The molecule has 0 radical (unpaired) electrons. The molecular formula is C52H84O6. The molecule has 0 saturated heterocycles. The molecule has 0 aliphatic rings. The highest BCUT2D eigenvalue weighted by atomic mass is 16.6. The van der Waals surface area contributed by atoms with Gasteiger partial charge in [0.25, 0.3) is 0 Å². The minimum Gasteiger partial charge on any atom is -0.462 e. The van der Waals surface area contributed by atoms with Gasteiger partial charge in [-0.1, -0.05) is 176 Å². The quantitative estimate of drug-likeness (QED) is 0.0266. The molecule has 0 spiro atoms. The highest BCUT2D eigenvalue weighted by Crippen LogP contribution is 2.12. The molecule has 0 aromatic carbocycles.